The number of fused-ring (bicyclic) bond motifs is 1. The van der Waals surface area contributed by atoms with Crippen molar-refractivity contribution < 1.29 is 9.18 Å². The molecule has 0 unspecified atom stereocenters. The Labute approximate surface area is 131 Å². The first-order valence-corrected chi connectivity index (χ1v) is 7.75. The fourth-order valence-electron chi connectivity index (χ4n) is 2.18. The number of benzene rings is 2. The maximum atomic E-state index is 12.8. The van der Waals surface area contributed by atoms with Crippen molar-refractivity contribution in [2.24, 2.45) is 0 Å². The normalized spacial score (nSPS) is 10.9. The summed E-state index contributed by atoms with van der Waals surface area (Å²) >= 11 is 1.46. The van der Waals surface area contributed by atoms with Crippen molar-refractivity contribution in [2.45, 2.75) is 20.3 Å². The van der Waals surface area contributed by atoms with Crippen molar-refractivity contribution in [1.29, 1.82) is 0 Å². The first kappa shape index (κ1) is 14.7. The Kier molecular flexibility index (Phi) is 3.90. The lowest BCUT2D eigenvalue weighted by atomic mass is 10.1. The number of halogens is 1. The van der Waals surface area contributed by atoms with Crippen LogP contribution < -0.4 is 5.32 Å². The first-order chi connectivity index (χ1) is 10.5. The van der Waals surface area contributed by atoms with Crippen LogP contribution in [0.25, 0.3) is 10.2 Å². The van der Waals surface area contributed by atoms with Crippen LogP contribution in [0.3, 0.4) is 0 Å². The number of anilines is 1. The Balaban J connectivity index is 1.75. The number of hydrogen-bond donors (Lipinski definition) is 1. The van der Waals surface area contributed by atoms with Gasteiger partial charge < -0.3 is 5.32 Å². The number of hydrogen-bond acceptors (Lipinski definition) is 3. The molecule has 112 valence electrons. The molecule has 5 heteroatoms. The number of rotatable bonds is 3. The summed E-state index contributed by atoms with van der Waals surface area (Å²) < 4.78 is 13.9. The average molecular weight is 314 g/mol. The van der Waals surface area contributed by atoms with Crippen molar-refractivity contribution in [2.75, 3.05) is 5.32 Å². The van der Waals surface area contributed by atoms with Crippen LogP contribution in [0.1, 0.15) is 16.7 Å². The zero-order chi connectivity index (χ0) is 15.7. The molecule has 0 aliphatic carbocycles. The number of aromatic nitrogens is 1. The van der Waals surface area contributed by atoms with E-state index in [9.17, 15) is 9.18 Å². The molecule has 0 atom stereocenters. The summed E-state index contributed by atoms with van der Waals surface area (Å²) in [6.07, 6.45) is 0.203. The highest BCUT2D eigenvalue weighted by Crippen LogP contribution is 2.28. The lowest BCUT2D eigenvalue weighted by molar-refractivity contribution is -0.115. The van der Waals surface area contributed by atoms with Gasteiger partial charge in [0.1, 0.15) is 5.82 Å². The van der Waals surface area contributed by atoms with Gasteiger partial charge in [-0.05, 0) is 54.8 Å². The molecule has 0 aliphatic heterocycles. The third kappa shape index (κ3) is 3.14. The van der Waals surface area contributed by atoms with Gasteiger partial charge in [0.25, 0.3) is 0 Å². The van der Waals surface area contributed by atoms with Crippen LogP contribution in [0.5, 0.6) is 0 Å². The molecular formula is C17H15FN2OS. The summed E-state index contributed by atoms with van der Waals surface area (Å²) in [5.41, 5.74) is 4.05. The Morgan fingerprint density at radius 1 is 1.18 bits per heavy atom. The fourth-order valence-corrected chi connectivity index (χ4v) is 3.15. The summed E-state index contributed by atoms with van der Waals surface area (Å²) in [6.45, 7) is 4.10. The summed E-state index contributed by atoms with van der Waals surface area (Å²) in [6, 6.07) is 10.0. The van der Waals surface area contributed by atoms with E-state index < -0.39 is 0 Å². The Morgan fingerprint density at radius 3 is 2.59 bits per heavy atom. The average Bonchev–Trinajstić information content (AvgIpc) is 2.83. The molecule has 3 nitrogen and oxygen atoms in total. The van der Waals surface area contributed by atoms with Gasteiger partial charge in [0.15, 0.2) is 5.13 Å². The SMILES string of the molecule is Cc1cc2nc(NC(=O)Cc3ccc(F)cc3)sc2cc1C. The molecule has 0 radical (unpaired) electrons. The standard InChI is InChI=1S/C17H15FN2OS/c1-10-7-14-15(8-11(10)2)22-17(19-14)20-16(21)9-12-3-5-13(18)6-4-12/h3-8H,9H2,1-2H3,(H,19,20,21). The van der Waals surface area contributed by atoms with E-state index in [0.29, 0.717) is 5.13 Å². The minimum atomic E-state index is -0.305. The lowest BCUT2D eigenvalue weighted by Crippen LogP contribution is -2.14. The number of carbonyl (C=O) groups is 1. The van der Waals surface area contributed by atoms with Gasteiger partial charge in [-0.25, -0.2) is 9.37 Å². The number of aryl methyl sites for hydroxylation is 2. The molecule has 1 N–H and O–H groups in total. The molecule has 2 aromatic carbocycles. The number of nitrogens with zero attached hydrogens (tertiary/aromatic N) is 1. The highest BCUT2D eigenvalue weighted by atomic mass is 32.1. The second kappa shape index (κ2) is 5.85. The monoisotopic (exact) mass is 314 g/mol. The maximum absolute atomic E-state index is 12.8. The topological polar surface area (TPSA) is 42.0 Å². The van der Waals surface area contributed by atoms with Gasteiger partial charge in [0.2, 0.25) is 5.91 Å². The Bertz CT molecular complexity index is 801. The van der Waals surface area contributed by atoms with E-state index in [2.05, 4.69) is 23.3 Å². The summed E-state index contributed by atoms with van der Waals surface area (Å²) in [4.78, 5) is 16.5. The molecule has 0 aliphatic rings. The molecule has 1 amide bonds. The van der Waals surface area contributed by atoms with Crippen LogP contribution >= 0.6 is 11.3 Å². The highest BCUT2D eigenvalue weighted by molar-refractivity contribution is 7.22. The molecule has 22 heavy (non-hydrogen) atoms. The van der Waals surface area contributed by atoms with Gasteiger partial charge in [-0.3, -0.25) is 4.79 Å². The van der Waals surface area contributed by atoms with E-state index in [1.807, 2.05) is 13.0 Å². The van der Waals surface area contributed by atoms with Crippen molar-refractivity contribution in [1.82, 2.24) is 4.98 Å². The fraction of sp³-hybridized carbons (Fsp3) is 0.176. The third-order valence-corrected chi connectivity index (χ3v) is 4.46. The molecule has 0 saturated carbocycles. The van der Waals surface area contributed by atoms with E-state index in [4.69, 9.17) is 0 Å². The molecule has 0 fully saturated rings. The van der Waals surface area contributed by atoms with Crippen molar-refractivity contribution in [3.05, 3.63) is 58.9 Å². The largest absolute Gasteiger partial charge is 0.302 e. The quantitative estimate of drug-likeness (QED) is 0.786. The molecule has 0 spiro atoms. The van der Waals surface area contributed by atoms with Gasteiger partial charge in [-0.2, -0.15) is 0 Å². The predicted molar refractivity (Wildman–Crippen MR) is 87.8 cm³/mol. The van der Waals surface area contributed by atoms with Crippen LogP contribution in [-0.2, 0) is 11.2 Å². The minimum absolute atomic E-state index is 0.154. The summed E-state index contributed by atoms with van der Waals surface area (Å²) in [5.74, 6) is -0.458. The van der Waals surface area contributed by atoms with Gasteiger partial charge in [-0.1, -0.05) is 23.5 Å². The smallest absolute Gasteiger partial charge is 0.230 e. The molecule has 0 saturated heterocycles. The molecule has 3 aromatic rings. The predicted octanol–water partition coefficient (Wildman–Crippen LogP) is 4.23. The zero-order valence-electron chi connectivity index (χ0n) is 12.3. The van der Waals surface area contributed by atoms with Gasteiger partial charge in [0, 0.05) is 0 Å². The summed E-state index contributed by atoms with van der Waals surface area (Å²) in [7, 11) is 0. The maximum Gasteiger partial charge on any atom is 0.230 e. The van der Waals surface area contributed by atoms with E-state index in [0.717, 1.165) is 15.8 Å². The van der Waals surface area contributed by atoms with E-state index in [1.165, 1.54) is 34.6 Å². The second-order valence-corrected chi connectivity index (χ2v) is 6.31. The van der Waals surface area contributed by atoms with Gasteiger partial charge >= 0.3 is 0 Å². The number of carbonyl (C=O) groups excluding carboxylic acids is 1. The molecule has 1 heterocycles. The summed E-state index contributed by atoms with van der Waals surface area (Å²) in [5, 5.41) is 3.40. The minimum Gasteiger partial charge on any atom is -0.302 e. The van der Waals surface area contributed by atoms with Crippen LogP contribution in [0.2, 0.25) is 0 Å². The van der Waals surface area contributed by atoms with Crippen molar-refractivity contribution in [3.8, 4) is 0 Å². The molecule has 0 bridgehead atoms. The zero-order valence-corrected chi connectivity index (χ0v) is 13.1. The number of nitrogens with one attached hydrogen (secondary N) is 1. The van der Waals surface area contributed by atoms with Crippen LogP contribution in [-0.4, -0.2) is 10.9 Å². The van der Waals surface area contributed by atoms with E-state index >= 15 is 0 Å². The third-order valence-electron chi connectivity index (χ3n) is 3.53. The Morgan fingerprint density at radius 2 is 1.86 bits per heavy atom. The second-order valence-electron chi connectivity index (χ2n) is 5.27. The van der Waals surface area contributed by atoms with Gasteiger partial charge in [-0.15, -0.1) is 0 Å². The lowest BCUT2D eigenvalue weighted by Gasteiger charge is -2.01. The highest BCUT2D eigenvalue weighted by Gasteiger charge is 2.09. The van der Waals surface area contributed by atoms with Crippen LogP contribution in [0.15, 0.2) is 36.4 Å². The van der Waals surface area contributed by atoms with Crippen molar-refractivity contribution in [3.63, 3.8) is 0 Å². The van der Waals surface area contributed by atoms with Crippen LogP contribution in [0, 0.1) is 19.7 Å². The molecule has 3 rings (SSSR count). The molecule has 1 aromatic heterocycles. The van der Waals surface area contributed by atoms with E-state index in [-0.39, 0.29) is 18.1 Å². The molecular weight excluding hydrogens is 299 g/mol. The Hall–Kier alpha value is -2.27. The first-order valence-electron chi connectivity index (χ1n) is 6.93. The number of thiazole rings is 1. The van der Waals surface area contributed by atoms with Gasteiger partial charge in [0.05, 0.1) is 16.6 Å². The van der Waals surface area contributed by atoms with E-state index in [1.54, 1.807) is 12.1 Å². The van der Waals surface area contributed by atoms with Crippen LogP contribution in [0.4, 0.5) is 9.52 Å². The van der Waals surface area contributed by atoms with Crippen molar-refractivity contribution >= 4 is 32.6 Å². The number of amides is 1.